The molecule has 0 atom stereocenters. The van der Waals surface area contributed by atoms with Crippen LogP contribution in [0.1, 0.15) is 36.1 Å². The molecule has 0 unspecified atom stereocenters. The van der Waals surface area contributed by atoms with Crippen molar-refractivity contribution in [3.63, 3.8) is 0 Å². The molecule has 2 aliphatic rings. The number of hydrogen-bond acceptors (Lipinski definition) is 5. The van der Waals surface area contributed by atoms with Crippen molar-refractivity contribution < 1.29 is 18.9 Å². The SMILES string of the molecule is c1sc(CCCC2OCCO2)cc1CCCC1OCCO1. The van der Waals surface area contributed by atoms with Crippen molar-refractivity contribution in [3.05, 3.63) is 21.9 Å². The Labute approximate surface area is 130 Å². The van der Waals surface area contributed by atoms with Gasteiger partial charge in [-0.1, -0.05) is 0 Å². The lowest BCUT2D eigenvalue weighted by Gasteiger charge is -2.07. The smallest absolute Gasteiger partial charge is 0.157 e. The van der Waals surface area contributed by atoms with Gasteiger partial charge in [-0.25, -0.2) is 0 Å². The first-order valence-electron chi connectivity index (χ1n) is 7.93. The maximum Gasteiger partial charge on any atom is 0.157 e. The van der Waals surface area contributed by atoms with Gasteiger partial charge in [0.25, 0.3) is 0 Å². The van der Waals surface area contributed by atoms with E-state index >= 15 is 0 Å². The first-order chi connectivity index (χ1) is 10.4. The summed E-state index contributed by atoms with van der Waals surface area (Å²) in [5.41, 5.74) is 1.45. The molecule has 0 radical (unpaired) electrons. The third-order valence-corrected chi connectivity index (χ3v) is 4.90. The van der Waals surface area contributed by atoms with Crippen molar-refractivity contribution in [2.45, 2.75) is 51.1 Å². The molecule has 0 N–H and O–H groups in total. The Kier molecular flexibility index (Phi) is 6.06. The fourth-order valence-corrected chi connectivity index (χ4v) is 3.72. The van der Waals surface area contributed by atoms with Crippen LogP contribution >= 0.6 is 11.3 Å². The van der Waals surface area contributed by atoms with E-state index in [0.29, 0.717) is 0 Å². The lowest BCUT2D eigenvalue weighted by molar-refractivity contribution is -0.0477. The highest BCUT2D eigenvalue weighted by atomic mass is 32.1. The predicted octanol–water partition coefficient (Wildman–Crippen LogP) is 3.14. The van der Waals surface area contributed by atoms with Gasteiger partial charge in [0.15, 0.2) is 12.6 Å². The zero-order valence-electron chi connectivity index (χ0n) is 12.4. The number of rotatable bonds is 8. The topological polar surface area (TPSA) is 36.9 Å². The van der Waals surface area contributed by atoms with E-state index in [4.69, 9.17) is 18.9 Å². The van der Waals surface area contributed by atoms with Crippen molar-refractivity contribution in [1.29, 1.82) is 0 Å². The molecule has 3 heterocycles. The summed E-state index contributed by atoms with van der Waals surface area (Å²) >= 11 is 1.87. The largest absolute Gasteiger partial charge is 0.350 e. The molecule has 0 bridgehead atoms. The number of hydrogen-bond donors (Lipinski definition) is 0. The predicted molar refractivity (Wildman–Crippen MR) is 81.6 cm³/mol. The van der Waals surface area contributed by atoms with Crippen LogP contribution in [0.3, 0.4) is 0 Å². The quantitative estimate of drug-likeness (QED) is 0.739. The average molecular weight is 312 g/mol. The Morgan fingerprint density at radius 2 is 1.43 bits per heavy atom. The summed E-state index contributed by atoms with van der Waals surface area (Å²) in [4.78, 5) is 1.47. The summed E-state index contributed by atoms with van der Waals surface area (Å²) in [5.74, 6) is 0. The molecule has 2 aliphatic heterocycles. The highest BCUT2D eigenvalue weighted by molar-refractivity contribution is 7.10. The van der Waals surface area contributed by atoms with E-state index in [-0.39, 0.29) is 12.6 Å². The summed E-state index contributed by atoms with van der Waals surface area (Å²) in [6.07, 6.45) is 6.59. The molecule has 0 aromatic carbocycles. The molecule has 21 heavy (non-hydrogen) atoms. The second-order valence-corrected chi connectivity index (χ2v) is 6.54. The zero-order valence-corrected chi connectivity index (χ0v) is 13.2. The standard InChI is InChI=1S/C16H24O4S/c1(5-15-17-7-8-18-15)3-13-11-14(21-12-13)4-2-6-16-19-9-10-20-16/h11-12,15-16H,1-10H2. The maximum atomic E-state index is 5.46. The summed E-state index contributed by atoms with van der Waals surface area (Å²) < 4.78 is 21.8. The van der Waals surface area contributed by atoms with Crippen LogP contribution in [-0.2, 0) is 31.8 Å². The Morgan fingerprint density at radius 1 is 0.857 bits per heavy atom. The van der Waals surface area contributed by atoms with Crippen LogP contribution in [0, 0.1) is 0 Å². The molecule has 5 heteroatoms. The summed E-state index contributed by atoms with van der Waals surface area (Å²) in [6, 6.07) is 2.34. The zero-order chi connectivity index (χ0) is 14.3. The highest BCUT2D eigenvalue weighted by Crippen LogP contribution is 2.21. The first-order valence-corrected chi connectivity index (χ1v) is 8.81. The Bertz CT molecular complexity index is 372. The molecule has 1 aromatic heterocycles. The van der Waals surface area contributed by atoms with Crippen molar-refractivity contribution in [2.75, 3.05) is 26.4 Å². The van der Waals surface area contributed by atoms with E-state index in [2.05, 4.69) is 11.4 Å². The van der Waals surface area contributed by atoms with Crippen LogP contribution in [0.25, 0.3) is 0 Å². The Hall–Kier alpha value is -0.460. The highest BCUT2D eigenvalue weighted by Gasteiger charge is 2.16. The average Bonchev–Trinajstić information content (AvgIpc) is 3.21. The lowest BCUT2D eigenvalue weighted by Crippen LogP contribution is -2.07. The molecule has 0 saturated carbocycles. The van der Waals surface area contributed by atoms with Gasteiger partial charge in [0.2, 0.25) is 0 Å². The molecule has 4 nitrogen and oxygen atoms in total. The number of ether oxygens (including phenoxy) is 4. The molecule has 3 rings (SSSR count). The van der Waals surface area contributed by atoms with Gasteiger partial charge in [-0.2, -0.15) is 0 Å². The van der Waals surface area contributed by atoms with E-state index in [1.54, 1.807) is 0 Å². The second kappa shape index (κ2) is 8.25. The molecular formula is C16H24O4S. The van der Waals surface area contributed by atoms with E-state index in [1.165, 1.54) is 10.4 Å². The van der Waals surface area contributed by atoms with E-state index in [0.717, 1.165) is 65.0 Å². The van der Waals surface area contributed by atoms with Crippen LogP contribution in [-0.4, -0.2) is 39.0 Å². The fraction of sp³-hybridized carbons (Fsp3) is 0.750. The minimum Gasteiger partial charge on any atom is -0.350 e. The van der Waals surface area contributed by atoms with Crippen molar-refractivity contribution in [1.82, 2.24) is 0 Å². The molecular weight excluding hydrogens is 288 g/mol. The maximum absolute atomic E-state index is 5.46. The minimum atomic E-state index is 0.0366. The number of aryl methyl sites for hydroxylation is 2. The summed E-state index contributed by atoms with van der Waals surface area (Å²) in [5, 5.41) is 2.29. The van der Waals surface area contributed by atoms with Crippen LogP contribution < -0.4 is 0 Å². The normalized spacial score (nSPS) is 20.6. The molecule has 118 valence electrons. The Balaban J connectivity index is 1.31. The Morgan fingerprint density at radius 3 is 2.05 bits per heavy atom. The molecule has 1 aromatic rings. The van der Waals surface area contributed by atoms with Crippen LogP contribution in [0.5, 0.6) is 0 Å². The monoisotopic (exact) mass is 312 g/mol. The second-order valence-electron chi connectivity index (χ2n) is 5.55. The van der Waals surface area contributed by atoms with E-state index < -0.39 is 0 Å². The van der Waals surface area contributed by atoms with Crippen molar-refractivity contribution in [3.8, 4) is 0 Å². The number of thiophene rings is 1. The van der Waals surface area contributed by atoms with Crippen molar-refractivity contribution in [2.24, 2.45) is 0 Å². The lowest BCUT2D eigenvalue weighted by atomic mass is 10.1. The summed E-state index contributed by atoms with van der Waals surface area (Å²) in [7, 11) is 0. The fourth-order valence-electron chi connectivity index (χ4n) is 2.75. The van der Waals surface area contributed by atoms with Gasteiger partial charge in [-0.05, 0) is 55.5 Å². The molecule has 0 amide bonds. The van der Waals surface area contributed by atoms with E-state index in [9.17, 15) is 0 Å². The molecule has 0 spiro atoms. The molecule has 2 fully saturated rings. The first kappa shape index (κ1) is 15.4. The summed E-state index contributed by atoms with van der Waals surface area (Å²) in [6.45, 7) is 3.01. The van der Waals surface area contributed by atoms with Gasteiger partial charge in [0, 0.05) is 4.88 Å². The van der Waals surface area contributed by atoms with Crippen LogP contribution in [0.15, 0.2) is 11.4 Å². The van der Waals surface area contributed by atoms with Crippen molar-refractivity contribution >= 4 is 11.3 Å². The van der Waals surface area contributed by atoms with Gasteiger partial charge in [-0.15, -0.1) is 11.3 Å². The van der Waals surface area contributed by atoms with Gasteiger partial charge in [-0.3, -0.25) is 0 Å². The molecule has 2 saturated heterocycles. The molecule has 0 aliphatic carbocycles. The van der Waals surface area contributed by atoms with Crippen LogP contribution in [0.2, 0.25) is 0 Å². The third kappa shape index (κ3) is 5.04. The van der Waals surface area contributed by atoms with Gasteiger partial charge >= 0.3 is 0 Å². The third-order valence-electron chi connectivity index (χ3n) is 3.86. The van der Waals surface area contributed by atoms with E-state index in [1.807, 2.05) is 11.3 Å². The van der Waals surface area contributed by atoms with Crippen LogP contribution in [0.4, 0.5) is 0 Å². The van der Waals surface area contributed by atoms with Gasteiger partial charge in [0.1, 0.15) is 0 Å². The minimum absolute atomic E-state index is 0.0366. The van der Waals surface area contributed by atoms with Gasteiger partial charge in [0.05, 0.1) is 26.4 Å². The van der Waals surface area contributed by atoms with Gasteiger partial charge < -0.3 is 18.9 Å².